The van der Waals surface area contributed by atoms with E-state index in [4.69, 9.17) is 20.8 Å². The van der Waals surface area contributed by atoms with Crippen molar-refractivity contribution in [3.8, 4) is 5.75 Å². The fourth-order valence-corrected chi connectivity index (χ4v) is 4.87. The second-order valence-corrected chi connectivity index (χ2v) is 8.22. The zero-order valence-corrected chi connectivity index (χ0v) is 16.8. The van der Waals surface area contributed by atoms with Gasteiger partial charge in [-0.15, -0.1) is 0 Å². The Hall–Kier alpha value is -2.30. The normalized spacial score (nSPS) is 19.2. The van der Waals surface area contributed by atoms with Crippen LogP contribution in [0.15, 0.2) is 39.5 Å². The molecule has 0 N–H and O–H groups in total. The number of hydrogen-bond acceptors (Lipinski definition) is 4. The van der Waals surface area contributed by atoms with Gasteiger partial charge in [-0.1, -0.05) is 35.9 Å². The first-order valence-corrected chi connectivity index (χ1v) is 10.1. The lowest BCUT2D eigenvalue weighted by Crippen LogP contribution is -2.37. The summed E-state index contributed by atoms with van der Waals surface area (Å²) in [4.78, 5) is 14.6. The van der Waals surface area contributed by atoms with E-state index in [0.29, 0.717) is 41.2 Å². The SMILES string of the molecule is Cc1c(C)c2cc(Cl)c3c(c2oc1=O)CN([C@@H]1CCCc2ccccc21)CO3. The summed E-state index contributed by atoms with van der Waals surface area (Å²) in [6, 6.07) is 10.8. The average molecular weight is 396 g/mol. The number of rotatable bonds is 1. The van der Waals surface area contributed by atoms with Crippen LogP contribution in [0.5, 0.6) is 5.75 Å². The van der Waals surface area contributed by atoms with Crippen LogP contribution in [0.1, 0.15) is 46.7 Å². The van der Waals surface area contributed by atoms with E-state index >= 15 is 0 Å². The Labute approximate surface area is 168 Å². The summed E-state index contributed by atoms with van der Waals surface area (Å²) in [7, 11) is 0. The van der Waals surface area contributed by atoms with Gasteiger partial charge >= 0.3 is 5.63 Å². The smallest absolute Gasteiger partial charge is 0.339 e. The lowest BCUT2D eigenvalue weighted by Gasteiger charge is -2.38. The van der Waals surface area contributed by atoms with Crippen LogP contribution in [-0.4, -0.2) is 11.6 Å². The van der Waals surface area contributed by atoms with E-state index in [1.807, 2.05) is 13.0 Å². The fraction of sp³-hybridized carbons (Fsp3) is 0.348. The molecular formula is C23H22ClNO3. The Morgan fingerprint density at radius 2 is 2.00 bits per heavy atom. The second-order valence-electron chi connectivity index (χ2n) is 7.81. The minimum absolute atomic E-state index is 0.297. The van der Waals surface area contributed by atoms with Gasteiger partial charge in [0.1, 0.15) is 18.1 Å². The van der Waals surface area contributed by atoms with E-state index < -0.39 is 0 Å². The van der Waals surface area contributed by atoms with E-state index in [1.165, 1.54) is 11.1 Å². The van der Waals surface area contributed by atoms with Gasteiger partial charge in [0.15, 0.2) is 0 Å². The maximum absolute atomic E-state index is 12.3. The molecular weight excluding hydrogens is 374 g/mol. The monoisotopic (exact) mass is 395 g/mol. The lowest BCUT2D eigenvalue weighted by atomic mass is 9.86. The van der Waals surface area contributed by atoms with Crippen LogP contribution >= 0.6 is 11.6 Å². The van der Waals surface area contributed by atoms with Gasteiger partial charge in [-0.2, -0.15) is 0 Å². The molecule has 1 aliphatic carbocycles. The largest absolute Gasteiger partial charge is 0.476 e. The van der Waals surface area contributed by atoms with Crippen LogP contribution in [0.4, 0.5) is 0 Å². The van der Waals surface area contributed by atoms with Gasteiger partial charge in [0.2, 0.25) is 0 Å². The number of aryl methyl sites for hydroxylation is 2. The number of benzene rings is 2. The zero-order valence-electron chi connectivity index (χ0n) is 16.0. The van der Waals surface area contributed by atoms with E-state index in [0.717, 1.165) is 35.8 Å². The molecule has 3 aromatic rings. The maximum atomic E-state index is 12.3. The molecule has 0 saturated heterocycles. The Morgan fingerprint density at radius 3 is 2.86 bits per heavy atom. The Bertz CT molecular complexity index is 1150. The van der Waals surface area contributed by atoms with Gasteiger partial charge < -0.3 is 9.15 Å². The van der Waals surface area contributed by atoms with Crippen molar-refractivity contribution in [3.63, 3.8) is 0 Å². The molecule has 0 spiro atoms. The van der Waals surface area contributed by atoms with E-state index in [2.05, 4.69) is 29.2 Å². The number of fused-ring (bicyclic) bond motifs is 4. The number of halogens is 1. The fourth-order valence-electron chi connectivity index (χ4n) is 4.59. The molecule has 0 radical (unpaired) electrons. The third-order valence-corrected chi connectivity index (χ3v) is 6.54. The molecule has 0 fully saturated rings. The summed E-state index contributed by atoms with van der Waals surface area (Å²) in [6.45, 7) is 4.86. The third-order valence-electron chi connectivity index (χ3n) is 6.26. The molecule has 0 saturated carbocycles. The van der Waals surface area contributed by atoms with Gasteiger partial charge in [0, 0.05) is 23.5 Å². The van der Waals surface area contributed by atoms with Gasteiger partial charge in [-0.3, -0.25) is 4.90 Å². The average Bonchev–Trinajstić information content (AvgIpc) is 2.72. The summed E-state index contributed by atoms with van der Waals surface area (Å²) >= 11 is 6.54. The first-order chi connectivity index (χ1) is 13.5. The summed E-state index contributed by atoms with van der Waals surface area (Å²) in [5.41, 5.74) is 5.50. The van der Waals surface area contributed by atoms with Crippen LogP contribution in [0, 0.1) is 13.8 Å². The molecule has 1 atom stereocenters. The van der Waals surface area contributed by atoms with Crippen molar-refractivity contribution in [1.29, 1.82) is 0 Å². The summed E-state index contributed by atoms with van der Waals surface area (Å²) < 4.78 is 11.8. The van der Waals surface area contributed by atoms with Crippen molar-refractivity contribution in [2.45, 2.75) is 45.7 Å². The minimum Gasteiger partial charge on any atom is -0.476 e. The van der Waals surface area contributed by atoms with Gasteiger partial charge in [-0.05, 0) is 55.9 Å². The first kappa shape index (κ1) is 17.8. The van der Waals surface area contributed by atoms with Crippen molar-refractivity contribution in [1.82, 2.24) is 4.90 Å². The molecule has 1 aliphatic heterocycles. The second kappa shape index (κ2) is 6.64. The van der Waals surface area contributed by atoms with Crippen molar-refractivity contribution in [3.05, 3.63) is 73.6 Å². The van der Waals surface area contributed by atoms with Crippen LogP contribution in [0.25, 0.3) is 11.0 Å². The van der Waals surface area contributed by atoms with Crippen molar-refractivity contribution in [2.75, 3.05) is 6.73 Å². The number of ether oxygens (including phenoxy) is 1. The Morgan fingerprint density at radius 1 is 1.18 bits per heavy atom. The highest BCUT2D eigenvalue weighted by molar-refractivity contribution is 6.33. The quantitative estimate of drug-likeness (QED) is 0.525. The van der Waals surface area contributed by atoms with Crippen molar-refractivity contribution < 1.29 is 9.15 Å². The molecule has 28 heavy (non-hydrogen) atoms. The number of nitrogens with zero attached hydrogens (tertiary/aromatic N) is 1. The number of hydrogen-bond donors (Lipinski definition) is 0. The van der Waals surface area contributed by atoms with Crippen LogP contribution < -0.4 is 10.4 Å². The summed E-state index contributed by atoms with van der Waals surface area (Å²) in [6.07, 6.45) is 3.38. The van der Waals surface area contributed by atoms with Crippen molar-refractivity contribution >= 4 is 22.6 Å². The Kier molecular flexibility index (Phi) is 4.22. The standard InChI is InChI=1S/C23H22ClNO3/c1-13-14(2)23(26)28-21-17(13)10-19(24)22-18(21)11-25(12-27-22)20-9-5-7-15-6-3-4-8-16(15)20/h3-4,6,8,10,20H,5,7,9,11-12H2,1-2H3/t20-/m1/s1. The predicted molar refractivity (Wildman–Crippen MR) is 110 cm³/mol. The van der Waals surface area contributed by atoms with Gasteiger partial charge in [-0.25, -0.2) is 4.79 Å². The van der Waals surface area contributed by atoms with Crippen LogP contribution in [-0.2, 0) is 13.0 Å². The van der Waals surface area contributed by atoms with Gasteiger partial charge in [0.05, 0.1) is 10.6 Å². The minimum atomic E-state index is -0.297. The molecule has 2 aromatic carbocycles. The molecule has 2 aliphatic rings. The molecule has 4 nitrogen and oxygen atoms in total. The van der Waals surface area contributed by atoms with Crippen LogP contribution in [0.3, 0.4) is 0 Å². The highest BCUT2D eigenvalue weighted by atomic mass is 35.5. The van der Waals surface area contributed by atoms with Crippen LogP contribution in [0.2, 0.25) is 5.02 Å². The molecule has 5 heteroatoms. The molecule has 0 unspecified atom stereocenters. The summed E-state index contributed by atoms with van der Waals surface area (Å²) in [5.74, 6) is 0.640. The molecule has 0 amide bonds. The first-order valence-electron chi connectivity index (χ1n) is 9.74. The molecule has 0 bridgehead atoms. The molecule has 5 rings (SSSR count). The summed E-state index contributed by atoms with van der Waals surface area (Å²) in [5, 5.41) is 1.46. The highest BCUT2D eigenvalue weighted by Gasteiger charge is 2.32. The van der Waals surface area contributed by atoms with E-state index in [1.54, 1.807) is 6.92 Å². The van der Waals surface area contributed by atoms with E-state index in [-0.39, 0.29) is 5.63 Å². The molecule has 144 valence electrons. The van der Waals surface area contributed by atoms with E-state index in [9.17, 15) is 4.79 Å². The predicted octanol–water partition coefficient (Wildman–Crippen LogP) is 5.29. The topological polar surface area (TPSA) is 42.7 Å². The zero-order chi connectivity index (χ0) is 19.4. The van der Waals surface area contributed by atoms with Crippen molar-refractivity contribution in [2.24, 2.45) is 0 Å². The maximum Gasteiger partial charge on any atom is 0.339 e. The third kappa shape index (κ3) is 2.66. The lowest BCUT2D eigenvalue weighted by molar-refractivity contribution is 0.0482. The highest BCUT2D eigenvalue weighted by Crippen LogP contribution is 2.43. The van der Waals surface area contributed by atoms with Gasteiger partial charge in [0.25, 0.3) is 0 Å². The molecule has 2 heterocycles. The Balaban J connectivity index is 1.63. The molecule has 1 aromatic heterocycles.